The van der Waals surface area contributed by atoms with Crippen LogP contribution in [-0.2, 0) is 0 Å². The van der Waals surface area contributed by atoms with E-state index in [9.17, 15) is 0 Å². The van der Waals surface area contributed by atoms with Gasteiger partial charge in [-0.2, -0.15) is 0 Å². The molecule has 0 aliphatic carbocycles. The molecule has 0 bridgehead atoms. The highest BCUT2D eigenvalue weighted by atomic mass is 32.1. The fourth-order valence-corrected chi connectivity index (χ4v) is 1.01. The van der Waals surface area contributed by atoms with Crippen molar-refractivity contribution in [1.82, 2.24) is 9.97 Å². The fraction of sp³-hybridized carbons (Fsp3) is 0.429. The van der Waals surface area contributed by atoms with Crippen LogP contribution < -0.4 is 10.2 Å². The summed E-state index contributed by atoms with van der Waals surface area (Å²) < 4.78 is 0.491. The summed E-state index contributed by atoms with van der Waals surface area (Å²) in [5.41, 5.74) is 0. The number of rotatable bonds is 2. The van der Waals surface area contributed by atoms with Crippen molar-refractivity contribution in [2.75, 3.05) is 31.4 Å². The number of H-pyrrole nitrogens is 1. The van der Waals surface area contributed by atoms with Crippen LogP contribution in [0.3, 0.4) is 0 Å². The maximum atomic E-state index is 4.94. The van der Waals surface area contributed by atoms with E-state index in [-0.39, 0.29) is 0 Å². The van der Waals surface area contributed by atoms with Crippen molar-refractivity contribution in [1.29, 1.82) is 0 Å². The molecule has 0 radical (unpaired) electrons. The summed E-state index contributed by atoms with van der Waals surface area (Å²) in [6.07, 6.45) is 0. The number of hydrogen-bond donors (Lipinski definition) is 2. The zero-order valence-electron chi connectivity index (χ0n) is 7.38. The first-order valence-corrected chi connectivity index (χ1v) is 4.00. The van der Waals surface area contributed by atoms with Gasteiger partial charge in [0.2, 0.25) is 0 Å². The molecule has 1 rings (SSSR count). The highest BCUT2D eigenvalue weighted by Crippen LogP contribution is 2.10. The molecule has 5 heteroatoms. The van der Waals surface area contributed by atoms with Crippen LogP contribution in [0.4, 0.5) is 11.6 Å². The first kappa shape index (κ1) is 8.99. The van der Waals surface area contributed by atoms with Gasteiger partial charge in [-0.1, -0.05) is 0 Å². The number of aromatic nitrogens is 2. The van der Waals surface area contributed by atoms with Crippen molar-refractivity contribution in [3.8, 4) is 0 Å². The predicted molar refractivity (Wildman–Crippen MR) is 53.3 cm³/mol. The summed E-state index contributed by atoms with van der Waals surface area (Å²) in [7, 11) is 5.69. The largest absolute Gasteiger partial charge is 0.375 e. The Morgan fingerprint density at radius 3 is 2.75 bits per heavy atom. The number of nitrogens with zero attached hydrogens (tertiary/aromatic N) is 2. The van der Waals surface area contributed by atoms with E-state index in [0.29, 0.717) is 4.77 Å². The molecule has 0 unspecified atom stereocenters. The molecule has 4 nitrogen and oxygen atoms in total. The van der Waals surface area contributed by atoms with Crippen LogP contribution in [0.15, 0.2) is 6.07 Å². The zero-order chi connectivity index (χ0) is 9.14. The molecule has 0 atom stereocenters. The van der Waals surface area contributed by atoms with Gasteiger partial charge in [0.1, 0.15) is 11.6 Å². The molecule has 1 aromatic rings. The number of anilines is 2. The average Bonchev–Trinajstić information content (AvgIpc) is 2.03. The second-order valence-electron chi connectivity index (χ2n) is 2.60. The van der Waals surface area contributed by atoms with E-state index >= 15 is 0 Å². The van der Waals surface area contributed by atoms with Crippen LogP contribution in [0, 0.1) is 4.77 Å². The van der Waals surface area contributed by atoms with Gasteiger partial charge in [0.15, 0.2) is 4.77 Å². The van der Waals surface area contributed by atoms with Crippen LogP contribution in [0.2, 0.25) is 0 Å². The summed E-state index contributed by atoms with van der Waals surface area (Å²) in [5, 5.41) is 2.97. The highest BCUT2D eigenvalue weighted by molar-refractivity contribution is 7.71. The lowest BCUT2D eigenvalue weighted by Crippen LogP contribution is -2.11. The van der Waals surface area contributed by atoms with E-state index in [4.69, 9.17) is 12.2 Å². The van der Waals surface area contributed by atoms with Crippen LogP contribution in [0.25, 0.3) is 0 Å². The maximum Gasteiger partial charge on any atom is 0.200 e. The topological polar surface area (TPSA) is 44.0 Å². The van der Waals surface area contributed by atoms with Gasteiger partial charge in [-0.05, 0) is 12.2 Å². The number of aromatic amines is 1. The lowest BCUT2D eigenvalue weighted by Gasteiger charge is -2.11. The van der Waals surface area contributed by atoms with Crippen molar-refractivity contribution in [3.63, 3.8) is 0 Å². The summed E-state index contributed by atoms with van der Waals surface area (Å²) >= 11 is 4.94. The zero-order valence-corrected chi connectivity index (χ0v) is 8.20. The number of nitrogens with one attached hydrogen (secondary N) is 2. The Morgan fingerprint density at radius 2 is 2.25 bits per heavy atom. The Labute approximate surface area is 76.6 Å². The minimum atomic E-state index is 0.491. The van der Waals surface area contributed by atoms with Crippen molar-refractivity contribution < 1.29 is 0 Å². The van der Waals surface area contributed by atoms with Crippen LogP contribution in [-0.4, -0.2) is 31.1 Å². The molecule has 66 valence electrons. The Balaban J connectivity index is 3.15. The molecular formula is C7H12N4S. The third kappa shape index (κ3) is 1.94. The minimum absolute atomic E-state index is 0.491. The van der Waals surface area contributed by atoms with Gasteiger partial charge in [-0.3, -0.25) is 0 Å². The smallest absolute Gasteiger partial charge is 0.200 e. The van der Waals surface area contributed by atoms with Crippen LogP contribution in [0.1, 0.15) is 0 Å². The van der Waals surface area contributed by atoms with E-state index in [2.05, 4.69) is 15.3 Å². The van der Waals surface area contributed by atoms with Crippen molar-refractivity contribution >= 4 is 23.9 Å². The maximum absolute atomic E-state index is 4.94. The Bertz CT molecular complexity index is 317. The molecule has 1 heterocycles. The van der Waals surface area contributed by atoms with Gasteiger partial charge in [-0.15, -0.1) is 0 Å². The van der Waals surface area contributed by atoms with Gasteiger partial charge in [0.05, 0.1) is 0 Å². The highest BCUT2D eigenvalue weighted by Gasteiger charge is 1.98. The van der Waals surface area contributed by atoms with Crippen molar-refractivity contribution in [2.45, 2.75) is 0 Å². The normalized spacial score (nSPS) is 9.58. The first-order valence-electron chi connectivity index (χ1n) is 3.60. The monoisotopic (exact) mass is 184 g/mol. The first-order chi connectivity index (χ1) is 5.63. The summed E-state index contributed by atoms with van der Waals surface area (Å²) in [6, 6.07) is 1.90. The van der Waals surface area contributed by atoms with E-state index < -0.39 is 0 Å². The van der Waals surface area contributed by atoms with E-state index in [1.165, 1.54) is 0 Å². The van der Waals surface area contributed by atoms with Gasteiger partial charge in [0, 0.05) is 27.2 Å². The SMILES string of the molecule is CNc1cc(N(C)C)nc(=S)[nH]1. The van der Waals surface area contributed by atoms with Gasteiger partial charge < -0.3 is 15.2 Å². The molecule has 0 amide bonds. The molecule has 0 aliphatic heterocycles. The van der Waals surface area contributed by atoms with E-state index in [1.54, 1.807) is 0 Å². The molecule has 0 fully saturated rings. The summed E-state index contributed by atoms with van der Waals surface area (Å²) in [4.78, 5) is 8.95. The molecule has 12 heavy (non-hydrogen) atoms. The Morgan fingerprint density at radius 1 is 1.58 bits per heavy atom. The second-order valence-corrected chi connectivity index (χ2v) is 2.99. The number of hydrogen-bond acceptors (Lipinski definition) is 4. The molecule has 0 aromatic carbocycles. The van der Waals surface area contributed by atoms with Gasteiger partial charge in [-0.25, -0.2) is 4.98 Å². The van der Waals surface area contributed by atoms with Crippen molar-refractivity contribution in [2.24, 2.45) is 0 Å². The minimum Gasteiger partial charge on any atom is -0.375 e. The lowest BCUT2D eigenvalue weighted by atomic mass is 10.5. The summed E-state index contributed by atoms with van der Waals surface area (Å²) in [6.45, 7) is 0. The fourth-order valence-electron chi connectivity index (χ4n) is 0.808. The molecule has 0 aliphatic rings. The average molecular weight is 184 g/mol. The van der Waals surface area contributed by atoms with E-state index in [0.717, 1.165) is 11.6 Å². The molecule has 0 saturated carbocycles. The third-order valence-corrected chi connectivity index (χ3v) is 1.65. The predicted octanol–water partition coefficient (Wildman–Crippen LogP) is 1.25. The molecular weight excluding hydrogens is 172 g/mol. The van der Waals surface area contributed by atoms with Gasteiger partial charge in [0.25, 0.3) is 0 Å². The molecule has 0 spiro atoms. The van der Waals surface area contributed by atoms with Crippen LogP contribution in [0.5, 0.6) is 0 Å². The lowest BCUT2D eigenvalue weighted by molar-refractivity contribution is 1.02. The Kier molecular flexibility index (Phi) is 2.65. The Hall–Kier alpha value is -1.10. The van der Waals surface area contributed by atoms with Gasteiger partial charge >= 0.3 is 0 Å². The third-order valence-electron chi connectivity index (χ3n) is 1.46. The van der Waals surface area contributed by atoms with Crippen molar-refractivity contribution in [3.05, 3.63) is 10.8 Å². The molecule has 2 N–H and O–H groups in total. The van der Waals surface area contributed by atoms with E-state index in [1.807, 2.05) is 32.1 Å². The second kappa shape index (κ2) is 3.53. The molecule has 0 saturated heterocycles. The molecule has 1 aromatic heterocycles. The summed E-state index contributed by atoms with van der Waals surface area (Å²) in [5.74, 6) is 1.72. The van der Waals surface area contributed by atoms with Crippen LogP contribution >= 0.6 is 12.2 Å². The quantitative estimate of drug-likeness (QED) is 0.679. The standard InChI is InChI=1S/C7H12N4S/c1-8-5-4-6(11(2)3)10-7(12)9-5/h4H,1-3H3,(H2,8,9,10,12).